The first-order valence-electron chi connectivity index (χ1n) is 6.70. The number of rotatable bonds is 6. The average molecular weight is 232 g/mol. The Bertz CT molecular complexity index is 342. The predicted octanol–water partition coefficient (Wildman–Crippen LogP) is 3.03. The first-order valence-corrected chi connectivity index (χ1v) is 6.70. The molecular formula is C15H24N2. The summed E-state index contributed by atoms with van der Waals surface area (Å²) in [5.41, 5.74) is 2.65. The second kappa shape index (κ2) is 5.54. The normalized spacial score (nSPS) is 22.5. The highest BCUT2D eigenvalue weighted by Gasteiger charge is 2.35. The lowest BCUT2D eigenvalue weighted by Gasteiger charge is -2.12. The summed E-state index contributed by atoms with van der Waals surface area (Å²) >= 11 is 0. The maximum absolute atomic E-state index is 3.64. The fraction of sp³-hybridized carbons (Fsp3) is 0.600. The van der Waals surface area contributed by atoms with Crippen molar-refractivity contribution >= 4 is 5.69 Å². The average Bonchev–Trinajstić information content (AvgIpc) is 3.06. The molecule has 0 radical (unpaired) electrons. The molecule has 0 amide bonds. The Kier molecular flexibility index (Phi) is 4.06. The molecule has 0 aliphatic heterocycles. The minimum atomic E-state index is 0.781. The van der Waals surface area contributed by atoms with Gasteiger partial charge in [0.2, 0.25) is 0 Å². The van der Waals surface area contributed by atoms with Gasteiger partial charge in [-0.3, -0.25) is 0 Å². The van der Waals surface area contributed by atoms with Crippen LogP contribution in [-0.2, 0) is 6.54 Å². The maximum Gasteiger partial charge on any atom is 0.0361 e. The first-order chi connectivity index (χ1) is 8.20. The van der Waals surface area contributed by atoms with Crippen LogP contribution in [0, 0.1) is 5.92 Å². The van der Waals surface area contributed by atoms with E-state index in [2.05, 4.69) is 55.5 Å². The van der Waals surface area contributed by atoms with Crippen LogP contribution in [-0.4, -0.2) is 20.1 Å². The summed E-state index contributed by atoms with van der Waals surface area (Å²) < 4.78 is 0. The van der Waals surface area contributed by atoms with E-state index in [1.807, 2.05) is 0 Å². The molecule has 2 atom stereocenters. The summed E-state index contributed by atoms with van der Waals surface area (Å²) in [6.45, 7) is 3.29. The molecule has 1 aromatic rings. The van der Waals surface area contributed by atoms with Crippen LogP contribution >= 0.6 is 0 Å². The smallest absolute Gasteiger partial charge is 0.0361 e. The number of hydrogen-bond donors (Lipinski definition) is 1. The van der Waals surface area contributed by atoms with Crippen LogP contribution in [0.5, 0.6) is 0 Å². The second-order valence-electron chi connectivity index (χ2n) is 5.33. The van der Waals surface area contributed by atoms with E-state index in [9.17, 15) is 0 Å². The van der Waals surface area contributed by atoms with E-state index in [0.29, 0.717) is 0 Å². The summed E-state index contributed by atoms with van der Waals surface area (Å²) in [5, 5.41) is 3.64. The molecule has 1 aliphatic rings. The quantitative estimate of drug-likeness (QED) is 0.811. The van der Waals surface area contributed by atoms with Crippen molar-refractivity contribution in [1.82, 2.24) is 5.32 Å². The largest absolute Gasteiger partial charge is 0.378 e. The van der Waals surface area contributed by atoms with Gasteiger partial charge in [-0.1, -0.05) is 25.5 Å². The van der Waals surface area contributed by atoms with Gasteiger partial charge in [-0.05, 0) is 36.5 Å². The Labute approximate surface area is 105 Å². The monoisotopic (exact) mass is 232 g/mol. The molecule has 2 unspecified atom stereocenters. The van der Waals surface area contributed by atoms with Gasteiger partial charge in [-0.2, -0.15) is 0 Å². The van der Waals surface area contributed by atoms with E-state index in [0.717, 1.165) is 18.5 Å². The van der Waals surface area contributed by atoms with Crippen molar-refractivity contribution in [3.63, 3.8) is 0 Å². The zero-order valence-corrected chi connectivity index (χ0v) is 11.2. The van der Waals surface area contributed by atoms with Crippen molar-refractivity contribution in [2.24, 2.45) is 5.92 Å². The highest BCUT2D eigenvalue weighted by atomic mass is 15.1. The molecule has 1 fully saturated rings. The van der Waals surface area contributed by atoms with E-state index in [4.69, 9.17) is 0 Å². The summed E-state index contributed by atoms with van der Waals surface area (Å²) in [4.78, 5) is 2.13. The summed E-state index contributed by atoms with van der Waals surface area (Å²) in [7, 11) is 4.15. The zero-order chi connectivity index (χ0) is 12.3. The van der Waals surface area contributed by atoms with E-state index in [-0.39, 0.29) is 0 Å². The first kappa shape index (κ1) is 12.4. The van der Waals surface area contributed by atoms with E-state index in [1.54, 1.807) is 0 Å². The molecule has 94 valence electrons. The molecule has 2 nitrogen and oxygen atoms in total. The van der Waals surface area contributed by atoms with Crippen LogP contribution in [0.25, 0.3) is 0 Å². The van der Waals surface area contributed by atoms with Crippen LogP contribution < -0.4 is 10.2 Å². The Morgan fingerprint density at radius 2 is 1.94 bits per heavy atom. The SMILES string of the molecule is CCCC1CC1NCc1ccc(N(C)C)cc1. The summed E-state index contributed by atoms with van der Waals surface area (Å²) in [5.74, 6) is 0.945. The zero-order valence-electron chi connectivity index (χ0n) is 11.2. The highest BCUT2D eigenvalue weighted by Crippen LogP contribution is 2.34. The Morgan fingerprint density at radius 1 is 1.24 bits per heavy atom. The van der Waals surface area contributed by atoms with Crippen molar-refractivity contribution in [3.05, 3.63) is 29.8 Å². The van der Waals surface area contributed by atoms with Gasteiger partial charge >= 0.3 is 0 Å². The molecule has 1 aromatic carbocycles. The second-order valence-corrected chi connectivity index (χ2v) is 5.33. The lowest BCUT2D eigenvalue weighted by molar-refractivity contribution is 0.599. The van der Waals surface area contributed by atoms with Crippen molar-refractivity contribution < 1.29 is 0 Å². The molecule has 0 aromatic heterocycles. The Morgan fingerprint density at radius 3 is 2.53 bits per heavy atom. The molecule has 0 saturated heterocycles. The molecule has 1 aliphatic carbocycles. The van der Waals surface area contributed by atoms with Gasteiger partial charge in [0, 0.05) is 32.4 Å². The number of nitrogens with zero attached hydrogens (tertiary/aromatic N) is 1. The van der Waals surface area contributed by atoms with Crippen LogP contribution in [0.2, 0.25) is 0 Å². The number of anilines is 1. The van der Waals surface area contributed by atoms with E-state index >= 15 is 0 Å². The maximum atomic E-state index is 3.64. The lowest BCUT2D eigenvalue weighted by Crippen LogP contribution is -2.17. The fourth-order valence-electron chi connectivity index (χ4n) is 2.35. The Balaban J connectivity index is 1.76. The topological polar surface area (TPSA) is 15.3 Å². The van der Waals surface area contributed by atoms with Gasteiger partial charge in [-0.15, -0.1) is 0 Å². The number of benzene rings is 1. The van der Waals surface area contributed by atoms with Crippen LogP contribution in [0.3, 0.4) is 0 Å². The summed E-state index contributed by atoms with van der Waals surface area (Å²) in [6, 6.07) is 9.60. The fourth-order valence-corrected chi connectivity index (χ4v) is 2.35. The van der Waals surface area contributed by atoms with Gasteiger partial charge in [-0.25, -0.2) is 0 Å². The van der Waals surface area contributed by atoms with E-state index in [1.165, 1.54) is 30.5 Å². The lowest BCUT2D eigenvalue weighted by atomic mass is 10.2. The predicted molar refractivity (Wildman–Crippen MR) is 74.4 cm³/mol. The number of hydrogen-bond acceptors (Lipinski definition) is 2. The summed E-state index contributed by atoms with van der Waals surface area (Å²) in [6.07, 6.45) is 4.08. The molecule has 1 N–H and O–H groups in total. The standard InChI is InChI=1S/C15H24N2/c1-4-5-13-10-15(13)16-11-12-6-8-14(9-7-12)17(2)3/h6-9,13,15-16H,4-5,10-11H2,1-3H3. The third-order valence-corrected chi connectivity index (χ3v) is 3.60. The molecule has 2 heteroatoms. The minimum absolute atomic E-state index is 0.781. The van der Waals surface area contributed by atoms with Gasteiger partial charge < -0.3 is 10.2 Å². The third-order valence-electron chi connectivity index (χ3n) is 3.60. The van der Waals surface area contributed by atoms with Crippen molar-refractivity contribution in [2.75, 3.05) is 19.0 Å². The van der Waals surface area contributed by atoms with Crippen molar-refractivity contribution in [2.45, 2.75) is 38.8 Å². The molecule has 2 rings (SSSR count). The van der Waals surface area contributed by atoms with Crippen LogP contribution in [0.4, 0.5) is 5.69 Å². The molecule has 17 heavy (non-hydrogen) atoms. The van der Waals surface area contributed by atoms with Crippen molar-refractivity contribution in [1.29, 1.82) is 0 Å². The van der Waals surface area contributed by atoms with Gasteiger partial charge in [0.05, 0.1) is 0 Å². The molecule has 1 saturated carbocycles. The molecular weight excluding hydrogens is 208 g/mol. The molecule has 0 spiro atoms. The molecule has 0 heterocycles. The minimum Gasteiger partial charge on any atom is -0.378 e. The third kappa shape index (κ3) is 3.47. The highest BCUT2D eigenvalue weighted by molar-refractivity contribution is 5.45. The van der Waals surface area contributed by atoms with Crippen LogP contribution in [0.1, 0.15) is 31.7 Å². The molecule has 0 bridgehead atoms. The van der Waals surface area contributed by atoms with Gasteiger partial charge in [0.1, 0.15) is 0 Å². The van der Waals surface area contributed by atoms with Gasteiger partial charge in [0.15, 0.2) is 0 Å². The van der Waals surface area contributed by atoms with E-state index < -0.39 is 0 Å². The van der Waals surface area contributed by atoms with Gasteiger partial charge in [0.25, 0.3) is 0 Å². The number of nitrogens with one attached hydrogen (secondary N) is 1. The van der Waals surface area contributed by atoms with Crippen molar-refractivity contribution in [3.8, 4) is 0 Å². The Hall–Kier alpha value is -1.02. The van der Waals surface area contributed by atoms with Crippen LogP contribution in [0.15, 0.2) is 24.3 Å².